The first-order valence-corrected chi connectivity index (χ1v) is 20.3. The summed E-state index contributed by atoms with van der Waals surface area (Å²) in [5.41, 5.74) is 11.6. The van der Waals surface area contributed by atoms with Crippen LogP contribution in [0.3, 0.4) is 0 Å². The molecule has 12 aromatic rings. The van der Waals surface area contributed by atoms with Crippen LogP contribution in [0.5, 0.6) is 0 Å². The molecule has 0 saturated heterocycles. The van der Waals surface area contributed by atoms with Crippen LogP contribution < -0.4 is 0 Å². The summed E-state index contributed by atoms with van der Waals surface area (Å²) in [5, 5.41) is 12.3. The summed E-state index contributed by atoms with van der Waals surface area (Å²) >= 11 is 0. The molecule has 59 heavy (non-hydrogen) atoms. The molecule has 1 heterocycles. The van der Waals surface area contributed by atoms with E-state index in [2.05, 4.69) is 223 Å². The maximum Gasteiger partial charge on any atom is 0.146 e. The van der Waals surface area contributed by atoms with Gasteiger partial charge in [0.25, 0.3) is 0 Å². The third-order valence-electron chi connectivity index (χ3n) is 12.2. The molecular formula is C57H36N2. The van der Waals surface area contributed by atoms with Crippen LogP contribution in [-0.2, 0) is 0 Å². The second-order valence-corrected chi connectivity index (χ2v) is 15.4. The lowest BCUT2D eigenvalue weighted by atomic mass is 9.83. The number of benzene rings is 11. The van der Waals surface area contributed by atoms with Crippen molar-refractivity contribution >= 4 is 64.9 Å². The van der Waals surface area contributed by atoms with Gasteiger partial charge in [0.05, 0.1) is 11.0 Å². The molecule has 0 aliphatic carbocycles. The lowest BCUT2D eigenvalue weighted by molar-refractivity contribution is 1.11. The van der Waals surface area contributed by atoms with Gasteiger partial charge >= 0.3 is 0 Å². The topological polar surface area (TPSA) is 17.8 Å². The van der Waals surface area contributed by atoms with E-state index in [0.29, 0.717) is 0 Å². The molecule has 0 bridgehead atoms. The lowest BCUT2D eigenvalue weighted by Crippen LogP contribution is -1.98. The average molecular weight is 749 g/mol. The fourth-order valence-electron chi connectivity index (χ4n) is 9.53. The smallest absolute Gasteiger partial charge is 0.146 e. The molecule has 2 heteroatoms. The molecule has 0 aliphatic rings. The Morgan fingerprint density at radius 3 is 1.73 bits per heavy atom. The van der Waals surface area contributed by atoms with Gasteiger partial charge in [0.15, 0.2) is 0 Å². The predicted octanol–water partition coefficient (Wildman–Crippen LogP) is 15.5. The van der Waals surface area contributed by atoms with Gasteiger partial charge in [-0.25, -0.2) is 4.98 Å². The maximum atomic E-state index is 5.27. The predicted molar refractivity (Wildman–Crippen MR) is 250 cm³/mol. The standard InChI is InChI=1S/C57H36N2/c1-2-19-42(20-3-1)59-54-28-13-12-27-53(54)58-57(59)51-34-33-44(45-22-8-9-23-46(45)51)40-31-32-50-52(36-40)55(41-30-29-37-15-4-5-17-39(37)35-41)48-24-10-11-25-49(48)56(50)47-26-14-18-38-16-6-7-21-43(38)47/h1-36H. The summed E-state index contributed by atoms with van der Waals surface area (Å²) in [4.78, 5) is 5.27. The van der Waals surface area contributed by atoms with Crippen molar-refractivity contribution < 1.29 is 0 Å². The largest absolute Gasteiger partial charge is 0.292 e. The molecule has 0 saturated carbocycles. The van der Waals surface area contributed by atoms with Gasteiger partial charge in [-0.2, -0.15) is 0 Å². The van der Waals surface area contributed by atoms with Gasteiger partial charge < -0.3 is 0 Å². The van der Waals surface area contributed by atoms with Gasteiger partial charge in [-0.1, -0.05) is 176 Å². The number of rotatable bonds is 5. The van der Waals surface area contributed by atoms with Crippen molar-refractivity contribution in [3.05, 3.63) is 218 Å². The normalized spacial score (nSPS) is 11.7. The monoisotopic (exact) mass is 748 g/mol. The summed E-state index contributed by atoms with van der Waals surface area (Å²) in [5.74, 6) is 0.934. The highest BCUT2D eigenvalue weighted by Gasteiger charge is 2.21. The van der Waals surface area contributed by atoms with E-state index < -0.39 is 0 Å². The number of nitrogens with zero attached hydrogens (tertiary/aromatic N) is 2. The second-order valence-electron chi connectivity index (χ2n) is 15.4. The molecule has 0 fully saturated rings. The Hall–Kier alpha value is -7.81. The van der Waals surface area contributed by atoms with Crippen LogP contribution in [0.2, 0.25) is 0 Å². The first-order chi connectivity index (χ1) is 29.3. The summed E-state index contributed by atoms with van der Waals surface area (Å²) in [6.45, 7) is 0. The SMILES string of the molecule is c1ccc(-n2c(-c3ccc(-c4ccc5c(-c6cccc7ccccc67)c6ccccc6c(-c6ccc7ccccc7c6)c5c4)c4ccccc34)nc3ccccc32)cc1. The van der Waals surface area contributed by atoms with E-state index in [1.807, 2.05) is 0 Å². The van der Waals surface area contributed by atoms with Crippen LogP contribution in [0.1, 0.15) is 0 Å². The van der Waals surface area contributed by atoms with E-state index >= 15 is 0 Å². The third-order valence-corrected chi connectivity index (χ3v) is 12.2. The van der Waals surface area contributed by atoms with Crippen molar-refractivity contribution in [2.75, 3.05) is 0 Å². The minimum Gasteiger partial charge on any atom is -0.292 e. The van der Waals surface area contributed by atoms with E-state index in [-0.39, 0.29) is 0 Å². The highest BCUT2D eigenvalue weighted by atomic mass is 15.1. The first kappa shape index (κ1) is 33.3. The fourth-order valence-corrected chi connectivity index (χ4v) is 9.53. The quantitative estimate of drug-likeness (QED) is 0.160. The second kappa shape index (κ2) is 13.4. The van der Waals surface area contributed by atoms with Crippen LogP contribution in [0.15, 0.2) is 218 Å². The molecule has 274 valence electrons. The summed E-state index contributed by atoms with van der Waals surface area (Å²) in [6, 6.07) is 79.6. The minimum atomic E-state index is 0.934. The van der Waals surface area contributed by atoms with Crippen LogP contribution in [-0.4, -0.2) is 9.55 Å². The van der Waals surface area contributed by atoms with Gasteiger partial charge in [-0.3, -0.25) is 4.57 Å². The molecule has 2 nitrogen and oxygen atoms in total. The van der Waals surface area contributed by atoms with Crippen LogP contribution >= 0.6 is 0 Å². The zero-order valence-corrected chi connectivity index (χ0v) is 32.2. The maximum absolute atomic E-state index is 5.27. The van der Waals surface area contributed by atoms with Gasteiger partial charge in [-0.05, 0) is 130 Å². The fraction of sp³-hybridized carbons (Fsp3) is 0. The first-order valence-electron chi connectivity index (χ1n) is 20.3. The van der Waals surface area contributed by atoms with Crippen LogP contribution in [0.25, 0.3) is 115 Å². The zero-order chi connectivity index (χ0) is 38.9. The van der Waals surface area contributed by atoms with E-state index in [1.165, 1.54) is 87.2 Å². The van der Waals surface area contributed by atoms with E-state index in [4.69, 9.17) is 4.98 Å². The Labute approximate surface area is 341 Å². The number of imidazole rings is 1. The summed E-state index contributed by atoms with van der Waals surface area (Å²) < 4.78 is 2.29. The minimum absolute atomic E-state index is 0.934. The number of hydrogen-bond donors (Lipinski definition) is 0. The highest BCUT2D eigenvalue weighted by Crippen LogP contribution is 2.47. The molecular weight excluding hydrogens is 713 g/mol. The molecule has 0 amide bonds. The van der Waals surface area contributed by atoms with Crippen molar-refractivity contribution in [2.45, 2.75) is 0 Å². The van der Waals surface area contributed by atoms with Crippen molar-refractivity contribution in [1.29, 1.82) is 0 Å². The van der Waals surface area contributed by atoms with Gasteiger partial charge in [-0.15, -0.1) is 0 Å². The van der Waals surface area contributed by atoms with Gasteiger partial charge in [0.2, 0.25) is 0 Å². The van der Waals surface area contributed by atoms with Gasteiger partial charge in [0.1, 0.15) is 5.82 Å². The van der Waals surface area contributed by atoms with Crippen molar-refractivity contribution in [1.82, 2.24) is 9.55 Å². The Morgan fingerprint density at radius 1 is 0.305 bits per heavy atom. The molecule has 11 aromatic carbocycles. The number of aromatic nitrogens is 2. The molecule has 1 aromatic heterocycles. The Morgan fingerprint density at radius 2 is 0.898 bits per heavy atom. The summed E-state index contributed by atoms with van der Waals surface area (Å²) in [6.07, 6.45) is 0. The van der Waals surface area contributed by atoms with Crippen molar-refractivity contribution in [2.24, 2.45) is 0 Å². The Balaban J connectivity index is 1.15. The van der Waals surface area contributed by atoms with Gasteiger partial charge in [0, 0.05) is 11.3 Å². The van der Waals surface area contributed by atoms with E-state index in [0.717, 1.165) is 28.1 Å². The Bertz CT molecular complexity index is 3610. The number of para-hydroxylation sites is 3. The lowest BCUT2D eigenvalue weighted by Gasteiger charge is -2.20. The van der Waals surface area contributed by atoms with Crippen LogP contribution in [0, 0.1) is 0 Å². The molecule has 0 N–H and O–H groups in total. The molecule has 0 spiro atoms. The molecule has 0 unspecified atom stereocenters. The molecule has 0 aliphatic heterocycles. The number of fused-ring (bicyclic) bond motifs is 6. The number of hydrogen-bond acceptors (Lipinski definition) is 1. The zero-order valence-electron chi connectivity index (χ0n) is 32.2. The van der Waals surface area contributed by atoms with Crippen molar-refractivity contribution in [3.8, 4) is 50.5 Å². The van der Waals surface area contributed by atoms with E-state index in [1.54, 1.807) is 0 Å². The Kier molecular flexibility index (Phi) is 7.57. The third kappa shape index (κ3) is 5.31. The van der Waals surface area contributed by atoms with E-state index in [9.17, 15) is 0 Å². The summed E-state index contributed by atoms with van der Waals surface area (Å²) in [7, 11) is 0. The van der Waals surface area contributed by atoms with Crippen molar-refractivity contribution in [3.63, 3.8) is 0 Å². The van der Waals surface area contributed by atoms with Crippen LogP contribution in [0.4, 0.5) is 0 Å². The average Bonchev–Trinajstić information content (AvgIpc) is 3.70. The molecule has 0 atom stereocenters. The molecule has 0 radical (unpaired) electrons. The highest BCUT2D eigenvalue weighted by molar-refractivity contribution is 6.24. The molecule has 12 rings (SSSR count).